The minimum absolute atomic E-state index is 0.0248. The fourth-order valence-electron chi connectivity index (χ4n) is 1.69. The number of hydrogen-bond acceptors (Lipinski definition) is 4. The largest absolute Gasteiger partial charge is 0.481 e. The molecule has 1 N–H and O–H groups in total. The number of hydrogen-bond donors (Lipinski definition) is 1. The molecule has 0 saturated carbocycles. The summed E-state index contributed by atoms with van der Waals surface area (Å²) in [5.41, 5.74) is -1.12. The van der Waals surface area contributed by atoms with Crippen LogP contribution in [0.3, 0.4) is 0 Å². The Labute approximate surface area is 83.0 Å². The van der Waals surface area contributed by atoms with Crippen LogP contribution in [0.1, 0.15) is 12.8 Å². The number of carboxylic acids is 1. The second-order valence-corrected chi connectivity index (χ2v) is 5.85. The lowest BCUT2D eigenvalue weighted by molar-refractivity contribution is -0.148. The standard InChI is InChI=1S/C8H14O5S/c1-13-4-2-8(7(9)10)3-5-14(11,12)6-8/h2-6H2,1H3,(H,9,10). The molecule has 0 aromatic rings. The van der Waals surface area contributed by atoms with Crippen LogP contribution in [0.2, 0.25) is 0 Å². The molecule has 1 atom stereocenters. The molecule has 1 aliphatic rings. The minimum Gasteiger partial charge on any atom is -0.481 e. The number of methoxy groups -OCH3 is 1. The first kappa shape index (κ1) is 11.5. The number of aliphatic carboxylic acids is 1. The van der Waals surface area contributed by atoms with E-state index in [9.17, 15) is 13.2 Å². The molecule has 1 aliphatic heterocycles. The molecule has 1 rings (SSSR count). The number of ether oxygens (including phenoxy) is 1. The van der Waals surface area contributed by atoms with E-state index in [1.807, 2.05) is 0 Å². The second-order valence-electron chi connectivity index (χ2n) is 3.67. The Morgan fingerprint density at radius 2 is 2.21 bits per heavy atom. The maximum Gasteiger partial charge on any atom is 0.310 e. The Morgan fingerprint density at radius 1 is 1.57 bits per heavy atom. The molecule has 0 aromatic carbocycles. The van der Waals surface area contributed by atoms with Crippen LogP contribution in [0.5, 0.6) is 0 Å². The van der Waals surface area contributed by atoms with Gasteiger partial charge < -0.3 is 9.84 Å². The number of carbonyl (C=O) groups is 1. The van der Waals surface area contributed by atoms with Crippen LogP contribution in [0.15, 0.2) is 0 Å². The van der Waals surface area contributed by atoms with Gasteiger partial charge in [-0.25, -0.2) is 8.42 Å². The lowest BCUT2D eigenvalue weighted by atomic mass is 9.84. The topological polar surface area (TPSA) is 80.7 Å². The summed E-state index contributed by atoms with van der Waals surface area (Å²) in [5.74, 6) is -1.31. The highest BCUT2D eigenvalue weighted by atomic mass is 32.2. The molecule has 6 heteroatoms. The van der Waals surface area contributed by atoms with E-state index in [0.717, 1.165) is 0 Å². The van der Waals surface area contributed by atoms with Crippen molar-refractivity contribution in [1.29, 1.82) is 0 Å². The van der Waals surface area contributed by atoms with Crippen molar-refractivity contribution >= 4 is 15.8 Å². The molecule has 0 aromatic heterocycles. The molecule has 0 bridgehead atoms. The fraction of sp³-hybridized carbons (Fsp3) is 0.875. The lowest BCUT2D eigenvalue weighted by Gasteiger charge is -2.21. The van der Waals surface area contributed by atoms with E-state index in [-0.39, 0.29) is 31.0 Å². The molecule has 0 aliphatic carbocycles. The normalized spacial score (nSPS) is 30.4. The van der Waals surface area contributed by atoms with E-state index in [1.54, 1.807) is 0 Å². The van der Waals surface area contributed by atoms with Gasteiger partial charge >= 0.3 is 5.97 Å². The van der Waals surface area contributed by atoms with E-state index in [1.165, 1.54) is 7.11 Å². The molecule has 14 heavy (non-hydrogen) atoms. The fourth-order valence-corrected chi connectivity index (χ4v) is 3.79. The smallest absolute Gasteiger partial charge is 0.310 e. The van der Waals surface area contributed by atoms with Crippen LogP contribution in [0.25, 0.3) is 0 Å². The zero-order valence-electron chi connectivity index (χ0n) is 8.02. The molecular weight excluding hydrogens is 208 g/mol. The van der Waals surface area contributed by atoms with Crippen molar-refractivity contribution in [3.63, 3.8) is 0 Å². The Balaban J connectivity index is 2.81. The summed E-state index contributed by atoms with van der Waals surface area (Å²) >= 11 is 0. The zero-order chi connectivity index (χ0) is 10.8. The number of sulfone groups is 1. The van der Waals surface area contributed by atoms with E-state index < -0.39 is 21.2 Å². The van der Waals surface area contributed by atoms with Crippen molar-refractivity contribution < 1.29 is 23.1 Å². The lowest BCUT2D eigenvalue weighted by Crippen LogP contribution is -2.33. The van der Waals surface area contributed by atoms with Crippen molar-refractivity contribution in [3.8, 4) is 0 Å². The third-order valence-electron chi connectivity index (χ3n) is 2.63. The molecule has 0 radical (unpaired) electrons. The van der Waals surface area contributed by atoms with E-state index in [0.29, 0.717) is 0 Å². The van der Waals surface area contributed by atoms with Gasteiger partial charge in [0.25, 0.3) is 0 Å². The van der Waals surface area contributed by atoms with Gasteiger partial charge in [-0.1, -0.05) is 0 Å². The third-order valence-corrected chi connectivity index (χ3v) is 4.44. The summed E-state index contributed by atoms with van der Waals surface area (Å²) in [7, 11) is -1.69. The van der Waals surface area contributed by atoms with Gasteiger partial charge in [0.15, 0.2) is 9.84 Å². The summed E-state index contributed by atoms with van der Waals surface area (Å²) in [6.07, 6.45) is 0.464. The van der Waals surface area contributed by atoms with Gasteiger partial charge in [0.05, 0.1) is 16.9 Å². The van der Waals surface area contributed by atoms with Gasteiger partial charge in [-0.3, -0.25) is 4.79 Å². The predicted octanol–water partition coefficient (Wildman–Crippen LogP) is -0.0876. The first-order valence-electron chi connectivity index (χ1n) is 4.35. The number of carboxylic acid groups (broad SMARTS) is 1. The Hall–Kier alpha value is -0.620. The van der Waals surface area contributed by atoms with Gasteiger partial charge in [0, 0.05) is 13.7 Å². The van der Waals surface area contributed by atoms with Crippen molar-refractivity contribution in [2.24, 2.45) is 5.41 Å². The molecule has 1 fully saturated rings. The van der Waals surface area contributed by atoms with Gasteiger partial charge in [0.2, 0.25) is 0 Å². The highest BCUT2D eigenvalue weighted by Gasteiger charge is 2.47. The highest BCUT2D eigenvalue weighted by molar-refractivity contribution is 7.91. The van der Waals surface area contributed by atoms with Gasteiger partial charge in [-0.2, -0.15) is 0 Å². The van der Waals surface area contributed by atoms with Crippen LogP contribution in [-0.4, -0.2) is 44.7 Å². The SMILES string of the molecule is COCCC1(C(=O)O)CCS(=O)(=O)C1. The van der Waals surface area contributed by atoms with E-state index in [2.05, 4.69) is 0 Å². The maximum atomic E-state index is 11.2. The van der Waals surface area contributed by atoms with Crippen molar-refractivity contribution in [2.75, 3.05) is 25.2 Å². The minimum atomic E-state index is -3.17. The highest BCUT2D eigenvalue weighted by Crippen LogP contribution is 2.35. The molecule has 5 nitrogen and oxygen atoms in total. The average molecular weight is 222 g/mol. The van der Waals surface area contributed by atoms with Crippen molar-refractivity contribution in [2.45, 2.75) is 12.8 Å². The Bertz CT molecular complexity index is 321. The summed E-state index contributed by atoms with van der Waals surface area (Å²) < 4.78 is 27.2. The summed E-state index contributed by atoms with van der Waals surface area (Å²) in [6.45, 7) is 0.280. The van der Waals surface area contributed by atoms with Crippen LogP contribution in [0.4, 0.5) is 0 Å². The van der Waals surface area contributed by atoms with Crippen molar-refractivity contribution in [1.82, 2.24) is 0 Å². The van der Waals surface area contributed by atoms with Gasteiger partial charge in [-0.05, 0) is 12.8 Å². The van der Waals surface area contributed by atoms with Gasteiger partial charge in [-0.15, -0.1) is 0 Å². The van der Waals surface area contributed by atoms with Crippen LogP contribution < -0.4 is 0 Å². The number of rotatable bonds is 4. The van der Waals surface area contributed by atoms with E-state index in [4.69, 9.17) is 9.84 Å². The first-order chi connectivity index (χ1) is 6.42. The summed E-state index contributed by atoms with van der Waals surface area (Å²) in [6, 6.07) is 0. The monoisotopic (exact) mass is 222 g/mol. The average Bonchev–Trinajstić information content (AvgIpc) is 2.40. The van der Waals surface area contributed by atoms with Crippen LogP contribution in [-0.2, 0) is 19.4 Å². The third kappa shape index (κ3) is 2.24. The molecule has 0 amide bonds. The van der Waals surface area contributed by atoms with Crippen LogP contribution in [0, 0.1) is 5.41 Å². The molecular formula is C8H14O5S. The van der Waals surface area contributed by atoms with E-state index >= 15 is 0 Å². The Morgan fingerprint density at radius 3 is 2.57 bits per heavy atom. The predicted molar refractivity (Wildman–Crippen MR) is 49.8 cm³/mol. The molecule has 1 heterocycles. The Kier molecular flexibility index (Phi) is 3.16. The van der Waals surface area contributed by atoms with Gasteiger partial charge in [0.1, 0.15) is 0 Å². The maximum absolute atomic E-state index is 11.2. The van der Waals surface area contributed by atoms with Crippen LogP contribution >= 0.6 is 0 Å². The molecule has 0 spiro atoms. The first-order valence-corrected chi connectivity index (χ1v) is 6.17. The quantitative estimate of drug-likeness (QED) is 0.719. The molecule has 1 saturated heterocycles. The zero-order valence-corrected chi connectivity index (χ0v) is 8.84. The second kappa shape index (κ2) is 3.86. The summed E-state index contributed by atoms with van der Waals surface area (Å²) in [5, 5.41) is 9.00. The molecule has 1 unspecified atom stereocenters. The van der Waals surface area contributed by atoms with Crippen molar-refractivity contribution in [3.05, 3.63) is 0 Å². The molecule has 82 valence electrons. The summed E-state index contributed by atoms with van der Waals surface area (Å²) in [4.78, 5) is 11.0.